The van der Waals surface area contributed by atoms with E-state index in [4.69, 9.17) is 4.42 Å². The van der Waals surface area contributed by atoms with Gasteiger partial charge >= 0.3 is 0 Å². The van der Waals surface area contributed by atoms with Crippen LogP contribution in [0.4, 0.5) is 11.4 Å². The number of furan rings is 1. The lowest BCUT2D eigenvalue weighted by Gasteiger charge is -2.07. The van der Waals surface area contributed by atoms with Crippen LogP contribution >= 0.6 is 11.3 Å². The van der Waals surface area contributed by atoms with Crippen molar-refractivity contribution in [3.63, 3.8) is 0 Å². The van der Waals surface area contributed by atoms with E-state index >= 15 is 0 Å². The van der Waals surface area contributed by atoms with Gasteiger partial charge in [0.1, 0.15) is 5.69 Å². The van der Waals surface area contributed by atoms with Crippen molar-refractivity contribution in [2.24, 2.45) is 17.1 Å². The lowest BCUT2D eigenvalue weighted by Crippen LogP contribution is -2.19. The van der Waals surface area contributed by atoms with Crippen LogP contribution in [0.25, 0.3) is 17.1 Å². The van der Waals surface area contributed by atoms with E-state index in [0.717, 1.165) is 5.69 Å². The smallest absolute Gasteiger partial charge is 0.297 e. The summed E-state index contributed by atoms with van der Waals surface area (Å²) >= 11 is 1.27. The van der Waals surface area contributed by atoms with Crippen LogP contribution in [0.2, 0.25) is 0 Å². The maximum Gasteiger partial charge on any atom is 0.297 e. The van der Waals surface area contributed by atoms with Gasteiger partial charge in [0.15, 0.2) is 11.4 Å². The number of nitrogens with zero attached hydrogens (tertiary/aromatic N) is 6. The number of rotatable bonds is 6. The second-order valence-electron chi connectivity index (χ2n) is 7.78. The first-order chi connectivity index (χ1) is 17.5. The van der Waals surface area contributed by atoms with Crippen LogP contribution in [-0.4, -0.2) is 25.2 Å². The summed E-state index contributed by atoms with van der Waals surface area (Å²) in [6.07, 6.45) is 2.94. The third-order valence-corrected chi connectivity index (χ3v) is 6.45. The Morgan fingerprint density at radius 2 is 1.81 bits per heavy atom. The molecular weight excluding hydrogens is 480 g/mol. The molecule has 0 aliphatic carbocycles. The first kappa shape index (κ1) is 23.0. The van der Waals surface area contributed by atoms with Crippen molar-refractivity contribution in [1.82, 2.24) is 14.0 Å². The minimum atomic E-state index is -0.461. The number of nitro benzene ring substituents is 1. The molecule has 10 nitrogen and oxygen atoms in total. The molecule has 36 heavy (non-hydrogen) atoms. The molecule has 0 bridgehead atoms. The van der Waals surface area contributed by atoms with Crippen LogP contribution < -0.4 is 10.4 Å². The van der Waals surface area contributed by atoms with Gasteiger partial charge in [-0.15, -0.1) is 11.3 Å². The number of para-hydroxylation sites is 2. The van der Waals surface area contributed by atoms with Crippen LogP contribution in [0.1, 0.15) is 11.3 Å². The fourth-order valence-electron chi connectivity index (χ4n) is 3.74. The summed E-state index contributed by atoms with van der Waals surface area (Å²) in [5, 5.41) is 17.8. The summed E-state index contributed by atoms with van der Waals surface area (Å²) < 4.78 is 10.4. The minimum absolute atomic E-state index is 0.0697. The highest BCUT2D eigenvalue weighted by molar-refractivity contribution is 7.07. The minimum Gasteiger partial charge on any atom is -0.463 e. The topological polar surface area (TPSA) is 113 Å². The number of benzene rings is 2. The SMILES string of the molecule is Cc1c(N=c2scc(-c3ccco3)n2N=Cc2ccccc2[N+](=O)[O-])c(=O)n(-c2ccccc2)n1C. The van der Waals surface area contributed by atoms with Gasteiger partial charge in [-0.05, 0) is 37.3 Å². The van der Waals surface area contributed by atoms with E-state index in [9.17, 15) is 14.9 Å². The second-order valence-corrected chi connectivity index (χ2v) is 8.61. The van der Waals surface area contributed by atoms with Crippen LogP contribution in [0.5, 0.6) is 0 Å². The van der Waals surface area contributed by atoms with Crippen LogP contribution in [-0.2, 0) is 7.05 Å². The zero-order valence-electron chi connectivity index (χ0n) is 19.3. The van der Waals surface area contributed by atoms with E-state index in [1.165, 1.54) is 28.3 Å². The average molecular weight is 501 g/mol. The molecule has 0 amide bonds. The molecule has 0 aliphatic rings. The summed E-state index contributed by atoms with van der Waals surface area (Å²) in [6.45, 7) is 1.82. The van der Waals surface area contributed by atoms with Crippen molar-refractivity contribution in [2.45, 2.75) is 6.92 Å². The van der Waals surface area contributed by atoms with Crippen molar-refractivity contribution in [1.29, 1.82) is 0 Å². The predicted octanol–water partition coefficient (Wildman–Crippen LogP) is 4.63. The standard InChI is InChI=1S/C25H20N6O4S/c1-17-23(24(32)30(28(17)2)19-10-4-3-5-11-19)27-25-29(21(16-36-25)22-13-8-14-35-22)26-15-18-9-6-7-12-20(18)31(33)34/h3-16H,1-2H3. The monoisotopic (exact) mass is 500 g/mol. The molecule has 0 N–H and O–H groups in total. The van der Waals surface area contributed by atoms with Crippen LogP contribution in [0.3, 0.4) is 0 Å². The largest absolute Gasteiger partial charge is 0.463 e. The molecule has 5 rings (SSSR count). The number of nitro groups is 1. The Labute approximate surface area is 208 Å². The van der Waals surface area contributed by atoms with Crippen molar-refractivity contribution in [3.05, 3.63) is 115 Å². The molecule has 0 atom stereocenters. The van der Waals surface area contributed by atoms with E-state index in [2.05, 4.69) is 10.1 Å². The van der Waals surface area contributed by atoms with Gasteiger partial charge in [0.05, 0.1) is 34.3 Å². The maximum absolute atomic E-state index is 13.4. The third-order valence-electron chi connectivity index (χ3n) is 5.64. The lowest BCUT2D eigenvalue weighted by atomic mass is 10.2. The molecule has 11 heteroatoms. The van der Waals surface area contributed by atoms with Gasteiger partial charge in [0.2, 0.25) is 4.80 Å². The number of aromatic nitrogens is 3. The van der Waals surface area contributed by atoms with Gasteiger partial charge in [-0.3, -0.25) is 19.6 Å². The first-order valence-corrected chi connectivity index (χ1v) is 11.7. The highest BCUT2D eigenvalue weighted by Gasteiger charge is 2.17. The zero-order valence-corrected chi connectivity index (χ0v) is 20.1. The third kappa shape index (κ3) is 4.12. The number of hydrogen-bond donors (Lipinski definition) is 0. The molecule has 5 aromatic rings. The molecule has 0 saturated heterocycles. The maximum atomic E-state index is 13.4. The van der Waals surface area contributed by atoms with Gasteiger partial charge < -0.3 is 4.42 Å². The Morgan fingerprint density at radius 1 is 1.06 bits per heavy atom. The summed E-state index contributed by atoms with van der Waals surface area (Å²) in [4.78, 5) is 29.4. The Kier molecular flexibility index (Phi) is 6.05. The highest BCUT2D eigenvalue weighted by Crippen LogP contribution is 2.23. The summed E-state index contributed by atoms with van der Waals surface area (Å²) in [6, 6.07) is 19.2. The summed E-state index contributed by atoms with van der Waals surface area (Å²) in [5.41, 5.74) is 2.24. The molecule has 0 aliphatic heterocycles. The van der Waals surface area contributed by atoms with Crippen molar-refractivity contribution in [3.8, 4) is 17.1 Å². The van der Waals surface area contributed by atoms with Crippen LogP contribution in [0.15, 0.2) is 97.7 Å². The molecule has 0 radical (unpaired) electrons. The van der Waals surface area contributed by atoms with Gasteiger partial charge in [0.25, 0.3) is 11.2 Å². The van der Waals surface area contributed by atoms with E-state index < -0.39 is 4.92 Å². The average Bonchev–Trinajstić information content (AvgIpc) is 3.60. The Hall–Kier alpha value is -4.77. The highest BCUT2D eigenvalue weighted by atomic mass is 32.1. The molecule has 0 unspecified atom stereocenters. The second kappa shape index (κ2) is 9.47. The number of thiazole rings is 1. The summed E-state index contributed by atoms with van der Waals surface area (Å²) in [7, 11) is 1.80. The fraction of sp³-hybridized carbons (Fsp3) is 0.0800. The Balaban J connectivity index is 1.69. The number of hydrogen-bond acceptors (Lipinski definition) is 7. The predicted molar refractivity (Wildman–Crippen MR) is 137 cm³/mol. The van der Waals surface area contributed by atoms with Crippen molar-refractivity contribution < 1.29 is 9.34 Å². The van der Waals surface area contributed by atoms with Crippen molar-refractivity contribution >= 4 is 28.9 Å². The Morgan fingerprint density at radius 3 is 2.53 bits per heavy atom. The van der Waals surface area contributed by atoms with Gasteiger partial charge in [-0.25, -0.2) is 14.4 Å². The van der Waals surface area contributed by atoms with Gasteiger partial charge in [0, 0.05) is 18.5 Å². The van der Waals surface area contributed by atoms with E-state index in [1.54, 1.807) is 53.0 Å². The summed E-state index contributed by atoms with van der Waals surface area (Å²) in [5.74, 6) is 0.541. The normalized spacial score (nSPS) is 12.0. The van der Waals surface area contributed by atoms with E-state index in [-0.39, 0.29) is 16.9 Å². The molecular formula is C25H20N6O4S. The van der Waals surface area contributed by atoms with E-state index in [0.29, 0.717) is 27.5 Å². The van der Waals surface area contributed by atoms with Crippen molar-refractivity contribution in [2.75, 3.05) is 0 Å². The van der Waals surface area contributed by atoms with E-state index in [1.807, 2.05) is 42.6 Å². The molecule has 2 aromatic carbocycles. The molecule has 0 spiro atoms. The zero-order chi connectivity index (χ0) is 25.2. The fourth-order valence-corrected chi connectivity index (χ4v) is 4.57. The van der Waals surface area contributed by atoms with Gasteiger partial charge in [-0.1, -0.05) is 30.3 Å². The molecule has 0 saturated carbocycles. The molecule has 0 fully saturated rings. The molecule has 3 heterocycles. The van der Waals surface area contributed by atoms with Crippen LogP contribution in [0, 0.1) is 17.0 Å². The molecule has 180 valence electrons. The molecule has 3 aromatic heterocycles. The quantitative estimate of drug-likeness (QED) is 0.192. The van der Waals surface area contributed by atoms with Gasteiger partial charge in [-0.2, -0.15) is 5.10 Å². The first-order valence-electron chi connectivity index (χ1n) is 10.9. The Bertz CT molecular complexity index is 1710. The lowest BCUT2D eigenvalue weighted by molar-refractivity contribution is -0.385.